The lowest BCUT2D eigenvalue weighted by Gasteiger charge is -2.05. The normalized spacial score (nSPS) is 15.8. The molecule has 86 valence electrons. The summed E-state index contributed by atoms with van der Waals surface area (Å²) >= 11 is 0. The molecule has 0 spiro atoms. The van der Waals surface area contributed by atoms with E-state index in [0.717, 1.165) is 5.56 Å². The first kappa shape index (κ1) is 11.3. The van der Waals surface area contributed by atoms with Crippen molar-refractivity contribution in [3.05, 3.63) is 35.4 Å². The molecular weight excluding hydrogens is 229 g/mol. The predicted molar refractivity (Wildman–Crippen MR) is 59.5 cm³/mol. The van der Waals surface area contributed by atoms with Gasteiger partial charge in [-0.2, -0.15) is 0 Å². The number of hydrogen-bond acceptors (Lipinski definition) is 3. The van der Waals surface area contributed by atoms with Crippen molar-refractivity contribution in [2.45, 2.75) is 6.16 Å². The van der Waals surface area contributed by atoms with Crippen LogP contribution in [-0.4, -0.2) is 28.8 Å². The minimum absolute atomic E-state index is 0.236. The Morgan fingerprint density at radius 3 is 2.50 bits per heavy atom. The van der Waals surface area contributed by atoms with Crippen molar-refractivity contribution in [2.75, 3.05) is 13.2 Å². The van der Waals surface area contributed by atoms with Gasteiger partial charge in [0, 0.05) is 5.56 Å². The molecule has 16 heavy (non-hydrogen) atoms. The monoisotopic (exact) mass is 241 g/mol. The minimum Gasteiger partial charge on any atom is -0.476 e. The zero-order chi connectivity index (χ0) is 11.6. The standard InChI is InChI=1S/C10H12NO4P/c12-16(13,14)7-8-1-3-9(4-2-8)10-11-5-6-15-10/h1-4H,5-7H2,(H2,12,13,14). The topological polar surface area (TPSA) is 79.1 Å². The maximum Gasteiger partial charge on any atom is 0.329 e. The highest BCUT2D eigenvalue weighted by Crippen LogP contribution is 2.38. The molecule has 1 aromatic carbocycles. The van der Waals surface area contributed by atoms with Crippen LogP contribution in [0.4, 0.5) is 0 Å². The van der Waals surface area contributed by atoms with Crippen molar-refractivity contribution in [1.82, 2.24) is 0 Å². The van der Waals surface area contributed by atoms with E-state index >= 15 is 0 Å². The molecule has 0 aliphatic carbocycles. The van der Waals surface area contributed by atoms with Crippen LogP contribution in [0.3, 0.4) is 0 Å². The maximum absolute atomic E-state index is 10.8. The number of aliphatic imine (C=N–C) groups is 1. The van der Waals surface area contributed by atoms with E-state index in [2.05, 4.69) is 4.99 Å². The molecule has 6 heteroatoms. The molecular formula is C10H12NO4P. The molecule has 2 N–H and O–H groups in total. The van der Waals surface area contributed by atoms with E-state index < -0.39 is 7.60 Å². The molecule has 0 aromatic heterocycles. The summed E-state index contributed by atoms with van der Waals surface area (Å²) in [6.45, 7) is 1.26. The fraction of sp³-hybridized carbons (Fsp3) is 0.300. The van der Waals surface area contributed by atoms with Crippen LogP contribution in [0.15, 0.2) is 29.3 Å². The number of nitrogens with zero attached hydrogens (tertiary/aromatic N) is 1. The van der Waals surface area contributed by atoms with Crippen LogP contribution in [0.1, 0.15) is 11.1 Å². The highest BCUT2D eigenvalue weighted by atomic mass is 31.2. The Morgan fingerprint density at radius 2 is 2.00 bits per heavy atom. The maximum atomic E-state index is 10.8. The summed E-state index contributed by atoms with van der Waals surface area (Å²) in [5, 5.41) is 0. The van der Waals surface area contributed by atoms with Crippen LogP contribution >= 0.6 is 7.60 Å². The van der Waals surface area contributed by atoms with Gasteiger partial charge in [-0.3, -0.25) is 4.57 Å². The Kier molecular flexibility index (Phi) is 3.10. The first-order chi connectivity index (χ1) is 7.54. The Hall–Kier alpha value is -1.16. The summed E-state index contributed by atoms with van der Waals surface area (Å²) in [7, 11) is -3.99. The van der Waals surface area contributed by atoms with E-state index in [1.165, 1.54) is 0 Å². The third-order valence-electron chi connectivity index (χ3n) is 2.17. The number of hydrogen-bond donors (Lipinski definition) is 2. The van der Waals surface area contributed by atoms with Crippen LogP contribution < -0.4 is 0 Å². The second-order valence-corrected chi connectivity index (χ2v) is 5.20. The summed E-state index contributed by atoms with van der Waals surface area (Å²) in [4.78, 5) is 21.8. The van der Waals surface area contributed by atoms with Gasteiger partial charge in [0.1, 0.15) is 6.61 Å². The van der Waals surface area contributed by atoms with Crippen LogP contribution in [0.5, 0.6) is 0 Å². The van der Waals surface area contributed by atoms with Gasteiger partial charge < -0.3 is 14.5 Å². The first-order valence-electron chi connectivity index (χ1n) is 4.86. The average molecular weight is 241 g/mol. The van der Waals surface area contributed by atoms with Gasteiger partial charge in [-0.25, -0.2) is 4.99 Å². The van der Waals surface area contributed by atoms with Crippen molar-refractivity contribution in [3.8, 4) is 0 Å². The van der Waals surface area contributed by atoms with E-state index in [9.17, 15) is 4.57 Å². The molecule has 0 atom stereocenters. The second kappa shape index (κ2) is 4.37. The van der Waals surface area contributed by atoms with Crippen LogP contribution in [0.2, 0.25) is 0 Å². The summed E-state index contributed by atoms with van der Waals surface area (Å²) < 4.78 is 16.1. The molecule has 1 aliphatic rings. The number of rotatable bonds is 3. The third kappa shape index (κ3) is 2.92. The molecule has 0 bridgehead atoms. The van der Waals surface area contributed by atoms with E-state index in [4.69, 9.17) is 14.5 Å². The van der Waals surface area contributed by atoms with Crippen molar-refractivity contribution in [2.24, 2.45) is 4.99 Å². The Morgan fingerprint density at radius 1 is 1.31 bits per heavy atom. The Bertz CT molecular complexity index is 448. The van der Waals surface area contributed by atoms with Gasteiger partial charge in [0.25, 0.3) is 0 Å². The summed E-state index contributed by atoms with van der Waals surface area (Å²) in [5.74, 6) is 0.600. The van der Waals surface area contributed by atoms with Gasteiger partial charge in [-0.1, -0.05) is 12.1 Å². The Balaban J connectivity index is 2.13. The molecule has 0 saturated carbocycles. The molecule has 0 unspecified atom stereocenters. The summed E-state index contributed by atoms with van der Waals surface area (Å²) in [6, 6.07) is 6.88. The van der Waals surface area contributed by atoms with E-state index in [0.29, 0.717) is 24.6 Å². The van der Waals surface area contributed by atoms with E-state index in [1.54, 1.807) is 24.3 Å². The Labute approximate surface area is 92.9 Å². The minimum atomic E-state index is -3.99. The quantitative estimate of drug-likeness (QED) is 0.778. The van der Waals surface area contributed by atoms with E-state index in [-0.39, 0.29) is 6.16 Å². The average Bonchev–Trinajstić information content (AvgIpc) is 2.69. The van der Waals surface area contributed by atoms with Gasteiger partial charge >= 0.3 is 7.60 Å². The number of benzene rings is 1. The fourth-order valence-corrected chi connectivity index (χ4v) is 2.19. The largest absolute Gasteiger partial charge is 0.476 e. The van der Waals surface area contributed by atoms with Gasteiger partial charge in [-0.05, 0) is 17.7 Å². The van der Waals surface area contributed by atoms with Crippen LogP contribution in [-0.2, 0) is 15.5 Å². The molecule has 5 nitrogen and oxygen atoms in total. The highest BCUT2D eigenvalue weighted by Gasteiger charge is 2.15. The molecule has 0 fully saturated rings. The fourth-order valence-electron chi connectivity index (χ4n) is 1.50. The van der Waals surface area contributed by atoms with Gasteiger partial charge in [-0.15, -0.1) is 0 Å². The lowest BCUT2D eigenvalue weighted by atomic mass is 10.1. The van der Waals surface area contributed by atoms with Crippen LogP contribution in [0.25, 0.3) is 0 Å². The highest BCUT2D eigenvalue weighted by molar-refractivity contribution is 7.50. The third-order valence-corrected chi connectivity index (χ3v) is 2.95. The SMILES string of the molecule is O=P(O)(O)Cc1ccc(C2=NCCO2)cc1. The molecule has 2 rings (SSSR count). The van der Waals surface area contributed by atoms with Crippen LogP contribution in [0, 0.1) is 0 Å². The van der Waals surface area contributed by atoms with Crippen molar-refractivity contribution in [3.63, 3.8) is 0 Å². The zero-order valence-electron chi connectivity index (χ0n) is 8.54. The van der Waals surface area contributed by atoms with Crippen molar-refractivity contribution in [1.29, 1.82) is 0 Å². The number of ether oxygens (including phenoxy) is 1. The lowest BCUT2D eigenvalue weighted by Crippen LogP contribution is -2.00. The molecule has 0 saturated heterocycles. The van der Waals surface area contributed by atoms with E-state index in [1.807, 2.05) is 0 Å². The molecule has 0 radical (unpaired) electrons. The summed E-state index contributed by atoms with van der Waals surface area (Å²) in [6.07, 6.45) is -0.236. The van der Waals surface area contributed by atoms with Crippen molar-refractivity contribution < 1.29 is 19.1 Å². The molecule has 0 amide bonds. The summed E-state index contributed by atoms with van der Waals surface area (Å²) in [5.41, 5.74) is 1.45. The first-order valence-corrected chi connectivity index (χ1v) is 6.65. The lowest BCUT2D eigenvalue weighted by molar-refractivity contribution is 0.348. The molecule has 1 aliphatic heterocycles. The predicted octanol–water partition coefficient (Wildman–Crippen LogP) is 1.14. The second-order valence-electron chi connectivity index (χ2n) is 3.56. The molecule has 1 aromatic rings. The van der Waals surface area contributed by atoms with Crippen molar-refractivity contribution >= 4 is 13.5 Å². The smallest absolute Gasteiger partial charge is 0.329 e. The molecule has 1 heterocycles. The van der Waals surface area contributed by atoms with Gasteiger partial charge in [0.05, 0.1) is 12.7 Å². The zero-order valence-corrected chi connectivity index (χ0v) is 9.43. The van der Waals surface area contributed by atoms with Gasteiger partial charge in [0.2, 0.25) is 5.90 Å². The van der Waals surface area contributed by atoms with Gasteiger partial charge in [0.15, 0.2) is 0 Å².